The van der Waals surface area contributed by atoms with Crippen molar-refractivity contribution in [2.24, 2.45) is 0 Å². The summed E-state index contributed by atoms with van der Waals surface area (Å²) in [6.07, 6.45) is -4.56. The number of urea groups is 1. The van der Waals surface area contributed by atoms with Crippen molar-refractivity contribution in [3.8, 4) is 0 Å². The number of nitrogens with zero attached hydrogens (tertiary/aromatic N) is 1. The molecule has 0 unspecified atom stereocenters. The number of morpholine rings is 1. The van der Waals surface area contributed by atoms with E-state index in [0.717, 1.165) is 19.2 Å². The Hall–Kier alpha value is -1.27. The van der Waals surface area contributed by atoms with Crippen LogP contribution >= 0.6 is 22.9 Å². The van der Waals surface area contributed by atoms with Crippen LogP contribution in [0.4, 0.5) is 29.3 Å². The highest BCUT2D eigenvalue weighted by molar-refractivity contribution is 14.1. The number of rotatable bonds is 5. The molecular formula is C14H18F3IN4O2. The van der Waals surface area contributed by atoms with E-state index in [0.29, 0.717) is 32.0 Å². The van der Waals surface area contributed by atoms with Crippen LogP contribution in [0.2, 0.25) is 0 Å². The molecule has 1 aromatic carbocycles. The number of hydrogen-bond acceptors (Lipinski definition) is 4. The number of hydrogen-bond donors (Lipinski definition) is 3. The van der Waals surface area contributed by atoms with Gasteiger partial charge in [-0.05, 0) is 18.2 Å². The minimum absolute atomic E-state index is 0.276. The van der Waals surface area contributed by atoms with Crippen LogP contribution in [0.25, 0.3) is 0 Å². The number of nitrogens with one attached hydrogen (secondary N) is 3. The predicted octanol–water partition coefficient (Wildman–Crippen LogP) is 2.92. The van der Waals surface area contributed by atoms with Crippen molar-refractivity contribution < 1.29 is 22.7 Å². The third-order valence-electron chi connectivity index (χ3n) is 3.50. The highest BCUT2D eigenvalue weighted by atomic mass is 127. The van der Waals surface area contributed by atoms with Gasteiger partial charge in [-0.15, -0.1) is 0 Å². The molecule has 1 aliphatic heterocycles. The van der Waals surface area contributed by atoms with Gasteiger partial charge in [0.1, 0.15) is 0 Å². The average molecular weight is 458 g/mol. The minimum atomic E-state index is -4.56. The molecule has 6 nitrogen and oxygen atoms in total. The number of benzene rings is 1. The van der Waals surface area contributed by atoms with Crippen molar-refractivity contribution in [3.63, 3.8) is 0 Å². The number of alkyl halides is 3. The van der Waals surface area contributed by atoms with Gasteiger partial charge in [0.2, 0.25) is 0 Å². The van der Waals surface area contributed by atoms with E-state index in [2.05, 4.69) is 19.1 Å². The Bertz CT molecular complexity index is 565. The number of amides is 2. The van der Waals surface area contributed by atoms with Crippen molar-refractivity contribution in [1.29, 1.82) is 0 Å². The molecule has 0 bridgehead atoms. The fourth-order valence-corrected chi connectivity index (χ4v) is 2.60. The number of carbonyl (C=O) groups is 1. The number of ether oxygens (including phenoxy) is 1. The monoisotopic (exact) mass is 458 g/mol. The fraction of sp³-hybridized carbons (Fsp3) is 0.500. The minimum Gasteiger partial charge on any atom is -0.379 e. The first kappa shape index (κ1) is 19.1. The lowest BCUT2D eigenvalue weighted by Crippen LogP contribution is -2.42. The lowest BCUT2D eigenvalue weighted by molar-refractivity contribution is -0.136. The van der Waals surface area contributed by atoms with Crippen molar-refractivity contribution in [2.75, 3.05) is 48.2 Å². The third kappa shape index (κ3) is 5.67. The van der Waals surface area contributed by atoms with Crippen LogP contribution in [0.5, 0.6) is 0 Å². The summed E-state index contributed by atoms with van der Waals surface area (Å²) in [7, 11) is 0. The van der Waals surface area contributed by atoms with E-state index in [1.54, 1.807) is 22.9 Å². The Morgan fingerprint density at radius 2 is 2.00 bits per heavy atom. The van der Waals surface area contributed by atoms with Gasteiger partial charge in [0.05, 0.1) is 47.3 Å². The maximum Gasteiger partial charge on any atom is 0.418 e. The van der Waals surface area contributed by atoms with Crippen molar-refractivity contribution in [2.45, 2.75) is 6.18 Å². The molecular weight excluding hydrogens is 440 g/mol. The standard InChI is InChI=1S/C14H18F3IN4O2/c15-14(16,17)11-9-10(21-18)1-2-12(11)20-13(23)19-3-4-22-5-7-24-8-6-22/h1-2,9,21H,3-8H2,(H2,19,20,23). The molecule has 10 heteroatoms. The first-order chi connectivity index (χ1) is 11.4. The van der Waals surface area contributed by atoms with E-state index < -0.39 is 17.8 Å². The maximum atomic E-state index is 13.1. The molecule has 0 atom stereocenters. The van der Waals surface area contributed by atoms with Crippen molar-refractivity contribution in [1.82, 2.24) is 10.2 Å². The zero-order chi connectivity index (χ0) is 17.6. The van der Waals surface area contributed by atoms with Crippen molar-refractivity contribution >= 4 is 40.3 Å². The molecule has 3 N–H and O–H groups in total. The molecule has 0 aromatic heterocycles. The molecule has 2 rings (SSSR count). The second-order valence-corrected chi connectivity index (χ2v) is 5.73. The average Bonchev–Trinajstić information content (AvgIpc) is 2.55. The van der Waals surface area contributed by atoms with Crippen LogP contribution in [-0.2, 0) is 10.9 Å². The fourth-order valence-electron chi connectivity index (χ4n) is 2.27. The molecule has 1 fully saturated rings. The van der Waals surface area contributed by atoms with E-state index in [4.69, 9.17) is 4.74 Å². The second-order valence-electron chi connectivity index (χ2n) is 5.19. The summed E-state index contributed by atoms with van der Waals surface area (Å²) in [5.74, 6) is 0. The normalized spacial score (nSPS) is 15.8. The summed E-state index contributed by atoms with van der Waals surface area (Å²) in [5, 5.41) is 4.83. The third-order valence-corrected chi connectivity index (χ3v) is 4.12. The molecule has 0 radical (unpaired) electrons. The molecule has 1 aromatic rings. The molecule has 0 aliphatic carbocycles. The number of carbonyl (C=O) groups excluding carboxylic acids is 1. The highest BCUT2D eigenvalue weighted by Crippen LogP contribution is 2.36. The van der Waals surface area contributed by atoms with E-state index in [9.17, 15) is 18.0 Å². The first-order valence-corrected chi connectivity index (χ1v) is 8.41. The maximum absolute atomic E-state index is 13.1. The van der Waals surface area contributed by atoms with E-state index in [-0.39, 0.29) is 5.69 Å². The lowest BCUT2D eigenvalue weighted by atomic mass is 10.1. The largest absolute Gasteiger partial charge is 0.418 e. The predicted molar refractivity (Wildman–Crippen MR) is 93.4 cm³/mol. The molecule has 134 valence electrons. The van der Waals surface area contributed by atoms with Gasteiger partial charge in [-0.25, -0.2) is 4.79 Å². The van der Waals surface area contributed by atoms with Crippen LogP contribution < -0.4 is 14.2 Å². The first-order valence-electron chi connectivity index (χ1n) is 7.33. The Balaban J connectivity index is 1.90. The summed E-state index contributed by atoms with van der Waals surface area (Å²) >= 11 is 1.74. The summed E-state index contributed by atoms with van der Waals surface area (Å²) in [6.45, 7) is 3.84. The Labute approximate surface area is 151 Å². The van der Waals surface area contributed by atoms with Crippen LogP contribution in [0.15, 0.2) is 18.2 Å². The van der Waals surface area contributed by atoms with Crippen molar-refractivity contribution in [3.05, 3.63) is 23.8 Å². The van der Waals surface area contributed by atoms with E-state index >= 15 is 0 Å². The topological polar surface area (TPSA) is 65.6 Å². The van der Waals surface area contributed by atoms with Gasteiger partial charge in [0.15, 0.2) is 0 Å². The molecule has 2 amide bonds. The zero-order valence-corrected chi connectivity index (χ0v) is 14.9. The summed E-state index contributed by atoms with van der Waals surface area (Å²) in [6, 6.07) is 2.98. The molecule has 1 heterocycles. The van der Waals surface area contributed by atoms with Gasteiger partial charge < -0.3 is 18.9 Å². The van der Waals surface area contributed by atoms with Crippen LogP contribution in [-0.4, -0.2) is 50.3 Å². The van der Waals surface area contributed by atoms with Gasteiger partial charge in [0.25, 0.3) is 0 Å². The van der Waals surface area contributed by atoms with Gasteiger partial charge >= 0.3 is 12.2 Å². The van der Waals surface area contributed by atoms with Crippen LogP contribution in [0.3, 0.4) is 0 Å². The molecule has 24 heavy (non-hydrogen) atoms. The smallest absolute Gasteiger partial charge is 0.379 e. The van der Waals surface area contributed by atoms with Gasteiger partial charge in [-0.3, -0.25) is 4.90 Å². The second kappa shape index (κ2) is 8.72. The summed E-state index contributed by atoms with van der Waals surface area (Å²) in [4.78, 5) is 14.0. The van der Waals surface area contributed by atoms with E-state index in [1.807, 2.05) is 0 Å². The SMILES string of the molecule is O=C(NCCN1CCOCC1)Nc1ccc(NI)cc1C(F)(F)F. The lowest BCUT2D eigenvalue weighted by Gasteiger charge is -2.26. The molecule has 1 saturated heterocycles. The molecule has 0 spiro atoms. The van der Waals surface area contributed by atoms with E-state index in [1.165, 1.54) is 12.1 Å². The van der Waals surface area contributed by atoms with Gasteiger partial charge in [-0.2, -0.15) is 13.2 Å². The van der Waals surface area contributed by atoms with Gasteiger partial charge in [-0.1, -0.05) is 0 Å². The molecule has 1 aliphatic rings. The summed E-state index contributed by atoms with van der Waals surface area (Å²) < 4.78 is 47.1. The summed E-state index contributed by atoms with van der Waals surface area (Å²) in [5.41, 5.74) is -0.865. The quantitative estimate of drug-likeness (QED) is 0.469. The van der Waals surface area contributed by atoms with Gasteiger partial charge in [0, 0.05) is 31.9 Å². The Morgan fingerprint density at radius 3 is 2.62 bits per heavy atom. The Kier molecular flexibility index (Phi) is 6.92. The number of anilines is 2. The van der Waals surface area contributed by atoms with Crippen LogP contribution in [0, 0.1) is 0 Å². The Morgan fingerprint density at radius 1 is 1.29 bits per heavy atom. The number of halogens is 4. The zero-order valence-electron chi connectivity index (χ0n) is 12.8. The molecule has 0 saturated carbocycles. The van der Waals surface area contributed by atoms with Crippen LogP contribution in [0.1, 0.15) is 5.56 Å². The highest BCUT2D eigenvalue weighted by Gasteiger charge is 2.34.